The van der Waals surface area contributed by atoms with Gasteiger partial charge in [-0.1, -0.05) is 54.1 Å². The molecule has 0 bridgehead atoms. The molecule has 0 atom stereocenters. The Hall–Kier alpha value is -2.83. The third-order valence-electron chi connectivity index (χ3n) is 4.55. The largest absolute Gasteiger partial charge is 0.350 e. The number of benzene rings is 3. The molecule has 156 valence electrons. The summed E-state index contributed by atoms with van der Waals surface area (Å²) in [7, 11) is -3.93. The summed E-state index contributed by atoms with van der Waals surface area (Å²) >= 11 is 6.14. The Balaban J connectivity index is 1.90. The van der Waals surface area contributed by atoms with Crippen LogP contribution in [0.15, 0.2) is 77.7 Å². The zero-order valence-corrected chi connectivity index (χ0v) is 18.4. The highest BCUT2D eigenvalue weighted by Crippen LogP contribution is 2.25. The summed E-state index contributed by atoms with van der Waals surface area (Å²) in [5, 5.41) is 3.31. The van der Waals surface area contributed by atoms with Gasteiger partial charge in [0, 0.05) is 11.6 Å². The molecule has 0 radical (unpaired) electrons. The zero-order valence-electron chi connectivity index (χ0n) is 16.8. The maximum absolute atomic E-state index is 13.3. The highest BCUT2D eigenvalue weighted by atomic mass is 35.5. The molecule has 30 heavy (non-hydrogen) atoms. The van der Waals surface area contributed by atoms with Crippen LogP contribution in [0.3, 0.4) is 0 Å². The number of nitrogens with one attached hydrogen (secondary N) is 1. The number of hydrogen-bond donors (Lipinski definition) is 1. The number of hydrogen-bond acceptors (Lipinski definition) is 3. The van der Waals surface area contributed by atoms with E-state index in [4.69, 9.17) is 11.6 Å². The van der Waals surface area contributed by atoms with Gasteiger partial charge in [0.2, 0.25) is 5.91 Å². The van der Waals surface area contributed by atoms with Crippen molar-refractivity contribution in [2.75, 3.05) is 10.8 Å². The van der Waals surface area contributed by atoms with Crippen LogP contribution in [0.25, 0.3) is 0 Å². The highest BCUT2D eigenvalue weighted by molar-refractivity contribution is 7.92. The van der Waals surface area contributed by atoms with E-state index in [1.165, 1.54) is 12.1 Å². The lowest BCUT2D eigenvalue weighted by Gasteiger charge is -2.25. The van der Waals surface area contributed by atoms with Crippen LogP contribution in [0.1, 0.15) is 16.7 Å². The number of carbonyl (C=O) groups is 1. The standard InChI is InChI=1S/C23H23ClN2O3S/c1-17-12-18(2)14-20(13-17)26(30(28,29)21-9-4-3-5-10-21)16-23(27)25-15-19-8-6-7-11-22(19)24/h3-14H,15-16H2,1-2H3,(H,25,27). The summed E-state index contributed by atoms with van der Waals surface area (Å²) in [6, 6.07) is 20.8. The minimum Gasteiger partial charge on any atom is -0.350 e. The minimum atomic E-state index is -3.93. The monoisotopic (exact) mass is 442 g/mol. The molecule has 0 fully saturated rings. The topological polar surface area (TPSA) is 66.5 Å². The molecule has 0 heterocycles. The number of rotatable bonds is 7. The second kappa shape index (κ2) is 9.32. The predicted octanol–water partition coefficient (Wildman–Crippen LogP) is 4.47. The molecular weight excluding hydrogens is 420 g/mol. The van der Waals surface area contributed by atoms with Crippen LogP contribution in [0, 0.1) is 13.8 Å². The summed E-state index contributed by atoms with van der Waals surface area (Å²) in [6.45, 7) is 3.65. The van der Waals surface area contributed by atoms with Crippen LogP contribution in [0.2, 0.25) is 5.02 Å². The SMILES string of the molecule is Cc1cc(C)cc(N(CC(=O)NCc2ccccc2Cl)S(=O)(=O)c2ccccc2)c1. The first kappa shape index (κ1) is 21.9. The van der Waals surface area contributed by atoms with E-state index in [0.717, 1.165) is 21.0 Å². The fourth-order valence-corrected chi connectivity index (χ4v) is 4.78. The van der Waals surface area contributed by atoms with E-state index < -0.39 is 15.9 Å². The molecule has 3 rings (SSSR count). The number of aryl methyl sites for hydroxylation is 2. The molecule has 0 spiro atoms. The Morgan fingerprint density at radius 3 is 2.17 bits per heavy atom. The number of anilines is 1. The molecule has 7 heteroatoms. The van der Waals surface area contributed by atoms with Crippen molar-refractivity contribution in [2.24, 2.45) is 0 Å². The van der Waals surface area contributed by atoms with Crippen LogP contribution in [0.4, 0.5) is 5.69 Å². The lowest BCUT2D eigenvalue weighted by molar-refractivity contribution is -0.119. The van der Waals surface area contributed by atoms with E-state index in [2.05, 4.69) is 5.32 Å². The third kappa shape index (κ3) is 5.20. The fraction of sp³-hybridized carbons (Fsp3) is 0.174. The van der Waals surface area contributed by atoms with Crippen molar-refractivity contribution in [3.05, 3.63) is 94.5 Å². The van der Waals surface area contributed by atoms with E-state index in [-0.39, 0.29) is 18.0 Å². The van der Waals surface area contributed by atoms with Crippen molar-refractivity contribution >= 4 is 33.2 Å². The van der Waals surface area contributed by atoms with Gasteiger partial charge in [0.15, 0.2) is 0 Å². The zero-order chi connectivity index (χ0) is 21.7. The second-order valence-corrected chi connectivity index (χ2v) is 9.31. The Morgan fingerprint density at radius 2 is 1.53 bits per heavy atom. The summed E-state index contributed by atoms with van der Waals surface area (Å²) in [5.74, 6) is -0.423. The number of halogens is 1. The fourth-order valence-electron chi connectivity index (χ4n) is 3.15. The van der Waals surface area contributed by atoms with Gasteiger partial charge in [-0.25, -0.2) is 8.42 Å². The van der Waals surface area contributed by atoms with Gasteiger partial charge >= 0.3 is 0 Å². The van der Waals surface area contributed by atoms with E-state index in [1.807, 2.05) is 38.1 Å². The van der Waals surface area contributed by atoms with Crippen LogP contribution in [0.5, 0.6) is 0 Å². The molecule has 5 nitrogen and oxygen atoms in total. The molecule has 3 aromatic rings. The molecule has 3 aromatic carbocycles. The first-order chi connectivity index (χ1) is 14.3. The number of amides is 1. The van der Waals surface area contributed by atoms with Crippen molar-refractivity contribution in [1.82, 2.24) is 5.32 Å². The van der Waals surface area contributed by atoms with Crippen LogP contribution < -0.4 is 9.62 Å². The van der Waals surface area contributed by atoms with Crippen molar-refractivity contribution in [3.63, 3.8) is 0 Å². The van der Waals surface area contributed by atoms with E-state index >= 15 is 0 Å². The molecular formula is C23H23ClN2O3S. The first-order valence-electron chi connectivity index (χ1n) is 9.43. The lowest BCUT2D eigenvalue weighted by atomic mass is 10.1. The van der Waals surface area contributed by atoms with Crippen molar-refractivity contribution in [3.8, 4) is 0 Å². The second-order valence-electron chi connectivity index (χ2n) is 7.04. The van der Waals surface area contributed by atoms with Gasteiger partial charge in [0.25, 0.3) is 10.0 Å². The Morgan fingerprint density at radius 1 is 0.933 bits per heavy atom. The van der Waals surface area contributed by atoms with Crippen molar-refractivity contribution in [2.45, 2.75) is 25.3 Å². The predicted molar refractivity (Wildman–Crippen MR) is 120 cm³/mol. The Labute approximate surface area is 182 Å². The summed E-state index contributed by atoms with van der Waals surface area (Å²) < 4.78 is 27.8. The van der Waals surface area contributed by atoms with Crippen LogP contribution in [-0.4, -0.2) is 20.9 Å². The van der Waals surface area contributed by atoms with E-state index in [0.29, 0.717) is 10.7 Å². The molecule has 0 saturated heterocycles. The Bertz CT molecular complexity index is 1130. The van der Waals surface area contributed by atoms with Crippen LogP contribution in [-0.2, 0) is 21.4 Å². The van der Waals surface area contributed by atoms with E-state index in [9.17, 15) is 13.2 Å². The minimum absolute atomic E-state index is 0.128. The summed E-state index contributed by atoms with van der Waals surface area (Å²) in [6.07, 6.45) is 0. The van der Waals surface area contributed by atoms with Gasteiger partial charge in [0.1, 0.15) is 6.54 Å². The molecule has 1 N–H and O–H groups in total. The first-order valence-corrected chi connectivity index (χ1v) is 11.3. The van der Waals surface area contributed by atoms with Gasteiger partial charge in [-0.15, -0.1) is 0 Å². The van der Waals surface area contributed by atoms with Crippen molar-refractivity contribution in [1.29, 1.82) is 0 Å². The normalized spacial score (nSPS) is 11.2. The molecule has 0 saturated carbocycles. The van der Waals surface area contributed by atoms with Gasteiger partial charge < -0.3 is 5.32 Å². The molecule has 0 aliphatic rings. The van der Waals surface area contributed by atoms with Crippen molar-refractivity contribution < 1.29 is 13.2 Å². The molecule has 0 aromatic heterocycles. The van der Waals surface area contributed by atoms with Gasteiger partial charge in [-0.05, 0) is 60.9 Å². The summed E-state index contributed by atoms with van der Waals surface area (Å²) in [5.41, 5.74) is 3.03. The maximum Gasteiger partial charge on any atom is 0.264 e. The number of sulfonamides is 1. The molecule has 0 aliphatic carbocycles. The quantitative estimate of drug-likeness (QED) is 0.587. The smallest absolute Gasteiger partial charge is 0.264 e. The van der Waals surface area contributed by atoms with Gasteiger partial charge in [-0.2, -0.15) is 0 Å². The average molecular weight is 443 g/mol. The highest BCUT2D eigenvalue weighted by Gasteiger charge is 2.27. The Kier molecular flexibility index (Phi) is 6.80. The van der Waals surface area contributed by atoms with Gasteiger partial charge in [-0.3, -0.25) is 9.10 Å². The summed E-state index contributed by atoms with van der Waals surface area (Å²) in [4.78, 5) is 12.8. The number of carbonyl (C=O) groups excluding carboxylic acids is 1. The average Bonchev–Trinajstić information content (AvgIpc) is 2.71. The lowest BCUT2D eigenvalue weighted by Crippen LogP contribution is -2.40. The van der Waals surface area contributed by atoms with Gasteiger partial charge in [0.05, 0.1) is 10.6 Å². The molecule has 0 aliphatic heterocycles. The third-order valence-corrected chi connectivity index (χ3v) is 6.70. The molecule has 1 amide bonds. The van der Waals surface area contributed by atoms with E-state index in [1.54, 1.807) is 36.4 Å². The van der Waals surface area contributed by atoms with Crippen LogP contribution >= 0.6 is 11.6 Å². The maximum atomic E-state index is 13.3. The molecule has 0 unspecified atom stereocenters. The number of nitrogens with zero attached hydrogens (tertiary/aromatic N) is 1.